The van der Waals surface area contributed by atoms with Gasteiger partial charge in [0, 0.05) is 12.6 Å². The lowest BCUT2D eigenvalue weighted by molar-refractivity contribution is -0.274. The molecule has 21 heavy (non-hydrogen) atoms. The normalized spacial score (nSPS) is 13.7. The Hall–Kier alpha value is -1.85. The molecule has 0 aliphatic heterocycles. The molecule has 11 heteroatoms. The quantitative estimate of drug-likeness (QED) is 0.663. The highest BCUT2D eigenvalue weighted by molar-refractivity contribution is 7.89. The third kappa shape index (κ3) is 5.57. The molecular formula is C10H11F3N2O5S. The topological polar surface area (TPSA) is 119 Å². The van der Waals surface area contributed by atoms with Crippen LogP contribution in [0.25, 0.3) is 0 Å². The van der Waals surface area contributed by atoms with Gasteiger partial charge in [-0.15, -0.1) is 13.2 Å². The molecule has 0 aromatic heterocycles. The van der Waals surface area contributed by atoms with Gasteiger partial charge in [0.15, 0.2) is 0 Å². The zero-order valence-electron chi connectivity index (χ0n) is 10.3. The van der Waals surface area contributed by atoms with E-state index in [0.717, 1.165) is 18.2 Å². The Balaban J connectivity index is 2.89. The van der Waals surface area contributed by atoms with Crippen LogP contribution >= 0.6 is 0 Å². The van der Waals surface area contributed by atoms with E-state index in [0.29, 0.717) is 6.07 Å². The van der Waals surface area contributed by atoms with Crippen molar-refractivity contribution in [1.82, 2.24) is 4.72 Å². The van der Waals surface area contributed by atoms with Crippen LogP contribution in [0, 0.1) is 0 Å². The van der Waals surface area contributed by atoms with Crippen molar-refractivity contribution in [2.75, 3.05) is 6.54 Å². The number of hydrogen-bond donors (Lipinski definition) is 3. The van der Waals surface area contributed by atoms with Crippen molar-refractivity contribution in [3.63, 3.8) is 0 Å². The molecule has 1 rings (SSSR count). The lowest BCUT2D eigenvalue weighted by Crippen LogP contribution is -2.39. The van der Waals surface area contributed by atoms with Gasteiger partial charge in [-0.1, -0.05) is 6.07 Å². The molecule has 0 aliphatic rings. The van der Waals surface area contributed by atoms with Crippen molar-refractivity contribution in [3.8, 4) is 5.75 Å². The number of aliphatic hydroxyl groups excluding tert-OH is 1. The minimum Gasteiger partial charge on any atom is -0.406 e. The first-order valence-electron chi connectivity index (χ1n) is 5.34. The number of nitrogens with two attached hydrogens (primary N) is 1. The smallest absolute Gasteiger partial charge is 0.406 e. The van der Waals surface area contributed by atoms with Crippen LogP contribution in [0.15, 0.2) is 29.2 Å². The number of rotatable bonds is 6. The molecule has 1 atom stereocenters. The second kappa shape index (κ2) is 6.28. The summed E-state index contributed by atoms with van der Waals surface area (Å²) in [4.78, 5) is 10.0. The summed E-state index contributed by atoms with van der Waals surface area (Å²) in [5, 5.41) is 9.07. The molecule has 0 radical (unpaired) electrons. The minimum atomic E-state index is -4.96. The van der Waals surface area contributed by atoms with Gasteiger partial charge < -0.3 is 15.6 Å². The van der Waals surface area contributed by atoms with Crippen LogP contribution in [0.3, 0.4) is 0 Å². The van der Waals surface area contributed by atoms with Crippen molar-refractivity contribution in [1.29, 1.82) is 0 Å². The van der Waals surface area contributed by atoms with Crippen LogP contribution in [-0.2, 0) is 14.8 Å². The van der Waals surface area contributed by atoms with Gasteiger partial charge in [-0.05, 0) is 12.1 Å². The van der Waals surface area contributed by atoms with Crippen LogP contribution in [0.4, 0.5) is 13.2 Å². The minimum absolute atomic E-state index is 0.527. The number of alkyl halides is 3. The highest BCUT2D eigenvalue weighted by atomic mass is 32.2. The number of carbonyl (C=O) groups excluding carboxylic acids is 1. The molecule has 1 unspecified atom stereocenters. The molecule has 0 saturated carbocycles. The van der Waals surface area contributed by atoms with Crippen molar-refractivity contribution >= 4 is 15.9 Å². The Morgan fingerprint density at radius 2 is 2.05 bits per heavy atom. The maximum absolute atomic E-state index is 12.0. The maximum Gasteiger partial charge on any atom is 0.573 e. The Morgan fingerprint density at radius 3 is 2.57 bits per heavy atom. The molecule has 0 saturated heterocycles. The fourth-order valence-corrected chi connectivity index (χ4v) is 2.28. The Morgan fingerprint density at radius 1 is 1.43 bits per heavy atom. The van der Waals surface area contributed by atoms with E-state index in [1.807, 2.05) is 4.72 Å². The van der Waals surface area contributed by atoms with Crippen LogP contribution in [-0.4, -0.2) is 38.4 Å². The third-order valence-electron chi connectivity index (χ3n) is 2.14. The van der Waals surface area contributed by atoms with Gasteiger partial charge >= 0.3 is 6.36 Å². The second-order valence-electron chi connectivity index (χ2n) is 3.79. The first-order valence-corrected chi connectivity index (χ1v) is 6.82. The van der Waals surface area contributed by atoms with Crippen molar-refractivity contribution < 1.29 is 36.2 Å². The summed E-state index contributed by atoms with van der Waals surface area (Å²) < 4.78 is 65.1. The summed E-state index contributed by atoms with van der Waals surface area (Å²) in [5.74, 6) is -1.87. The summed E-state index contributed by atoms with van der Waals surface area (Å²) >= 11 is 0. The number of ether oxygens (including phenoxy) is 1. The highest BCUT2D eigenvalue weighted by Crippen LogP contribution is 2.24. The van der Waals surface area contributed by atoms with Gasteiger partial charge in [0.05, 0.1) is 4.90 Å². The molecule has 0 aliphatic carbocycles. The number of sulfonamides is 1. The zero-order valence-corrected chi connectivity index (χ0v) is 11.1. The Kier molecular flexibility index (Phi) is 5.15. The number of amides is 1. The standard InChI is InChI=1S/C10H11F3N2O5S/c11-10(12,13)20-6-2-1-3-7(4-6)21(18,19)15-5-8(16)9(14)17/h1-4,8,15-16H,5H2,(H2,14,17). The second-order valence-corrected chi connectivity index (χ2v) is 5.56. The van der Waals surface area contributed by atoms with Crippen molar-refractivity contribution in [2.24, 2.45) is 5.73 Å². The molecule has 0 bridgehead atoms. The number of primary amides is 1. The number of nitrogens with one attached hydrogen (secondary N) is 1. The first-order chi connectivity index (χ1) is 9.51. The van der Waals surface area contributed by atoms with E-state index in [2.05, 4.69) is 4.74 Å². The van der Waals surface area contributed by atoms with Gasteiger partial charge in [0.2, 0.25) is 15.9 Å². The molecular weight excluding hydrogens is 317 g/mol. The SMILES string of the molecule is NC(=O)C(O)CNS(=O)(=O)c1cccc(OC(F)(F)F)c1. The summed E-state index contributed by atoms with van der Waals surface area (Å²) in [5.41, 5.74) is 4.73. The fourth-order valence-electron chi connectivity index (χ4n) is 1.21. The van der Waals surface area contributed by atoms with Crippen LogP contribution < -0.4 is 15.2 Å². The van der Waals surface area contributed by atoms with Crippen LogP contribution in [0.5, 0.6) is 5.75 Å². The van der Waals surface area contributed by atoms with E-state index in [1.54, 1.807) is 0 Å². The van der Waals surface area contributed by atoms with E-state index in [9.17, 15) is 26.4 Å². The molecule has 1 aromatic rings. The lowest BCUT2D eigenvalue weighted by Gasteiger charge is -2.12. The molecule has 4 N–H and O–H groups in total. The number of benzene rings is 1. The summed E-state index contributed by atoms with van der Waals surface area (Å²) in [7, 11) is -4.23. The van der Waals surface area contributed by atoms with E-state index >= 15 is 0 Å². The molecule has 1 aromatic carbocycles. The molecule has 118 valence electrons. The predicted octanol–water partition coefficient (Wildman–Crippen LogP) is -0.290. The summed E-state index contributed by atoms with van der Waals surface area (Å²) in [6.45, 7) is -0.706. The summed E-state index contributed by atoms with van der Waals surface area (Å²) in [6.07, 6.45) is -6.72. The third-order valence-corrected chi connectivity index (χ3v) is 3.57. The molecule has 1 amide bonds. The monoisotopic (exact) mass is 328 g/mol. The van der Waals surface area contributed by atoms with Crippen molar-refractivity contribution in [2.45, 2.75) is 17.4 Å². The van der Waals surface area contributed by atoms with Crippen LogP contribution in [0.1, 0.15) is 0 Å². The van der Waals surface area contributed by atoms with E-state index in [1.165, 1.54) is 0 Å². The number of aliphatic hydroxyl groups is 1. The van der Waals surface area contributed by atoms with Gasteiger partial charge in [0.1, 0.15) is 11.9 Å². The number of hydrogen-bond acceptors (Lipinski definition) is 5. The average Bonchev–Trinajstić information content (AvgIpc) is 2.34. The summed E-state index contributed by atoms with van der Waals surface area (Å²) in [6, 6.07) is 3.62. The molecule has 0 heterocycles. The van der Waals surface area contributed by atoms with E-state index < -0.39 is 45.6 Å². The van der Waals surface area contributed by atoms with E-state index in [4.69, 9.17) is 10.8 Å². The van der Waals surface area contributed by atoms with Gasteiger partial charge in [-0.25, -0.2) is 13.1 Å². The average molecular weight is 328 g/mol. The van der Waals surface area contributed by atoms with E-state index in [-0.39, 0.29) is 0 Å². The molecule has 0 spiro atoms. The molecule has 7 nitrogen and oxygen atoms in total. The Bertz CT molecular complexity index is 617. The van der Waals surface area contributed by atoms with Crippen LogP contribution in [0.2, 0.25) is 0 Å². The molecule has 0 fully saturated rings. The predicted molar refractivity (Wildman–Crippen MR) is 63.5 cm³/mol. The Labute approximate surface area is 117 Å². The maximum atomic E-state index is 12.0. The van der Waals surface area contributed by atoms with Crippen molar-refractivity contribution in [3.05, 3.63) is 24.3 Å². The number of carbonyl (C=O) groups is 1. The van der Waals surface area contributed by atoms with Gasteiger partial charge in [-0.2, -0.15) is 0 Å². The van der Waals surface area contributed by atoms with Gasteiger partial charge in [-0.3, -0.25) is 4.79 Å². The van der Waals surface area contributed by atoms with Gasteiger partial charge in [0.25, 0.3) is 0 Å². The largest absolute Gasteiger partial charge is 0.573 e. The fraction of sp³-hybridized carbons (Fsp3) is 0.300. The lowest BCUT2D eigenvalue weighted by atomic mass is 10.3. The highest BCUT2D eigenvalue weighted by Gasteiger charge is 2.31. The first kappa shape index (κ1) is 17.2. The zero-order chi connectivity index (χ0) is 16.3. The number of halogens is 3.